The van der Waals surface area contributed by atoms with Gasteiger partial charge in [-0.25, -0.2) is 0 Å². The predicted molar refractivity (Wildman–Crippen MR) is 48.5 cm³/mol. The maximum Gasteiger partial charge on any atom is 0.407 e. The molecule has 0 amide bonds. The monoisotopic (exact) mass is 189 g/mol. The second kappa shape index (κ2) is 3.32. The zero-order valence-corrected chi connectivity index (χ0v) is 8.41. The van der Waals surface area contributed by atoms with Crippen molar-refractivity contribution >= 4 is 7.94 Å². The summed E-state index contributed by atoms with van der Waals surface area (Å²) in [6, 6.07) is 0. The van der Waals surface area contributed by atoms with Gasteiger partial charge in [-0.2, -0.15) is 13.9 Å². The molecule has 0 saturated carbocycles. The van der Waals surface area contributed by atoms with E-state index >= 15 is 0 Å². The Kier molecular flexibility index (Phi) is 2.75. The second-order valence-electron chi connectivity index (χ2n) is 3.17. The highest BCUT2D eigenvalue weighted by Gasteiger charge is 2.48. The van der Waals surface area contributed by atoms with Gasteiger partial charge in [0.2, 0.25) is 0 Å². The van der Waals surface area contributed by atoms with E-state index in [1.807, 2.05) is 13.8 Å². The van der Waals surface area contributed by atoms with Gasteiger partial charge >= 0.3 is 7.94 Å². The van der Waals surface area contributed by atoms with Crippen LogP contribution in [0.5, 0.6) is 0 Å². The van der Waals surface area contributed by atoms with Crippen LogP contribution in [0, 0.1) is 18.3 Å². The molecular weight excluding hydrogens is 175 g/mol. The lowest BCUT2D eigenvalue weighted by atomic mass is 10.0. The fourth-order valence-electron chi connectivity index (χ4n) is 1.16. The van der Waals surface area contributed by atoms with Gasteiger partial charge in [-0.05, 0) is 6.92 Å². The third-order valence-electron chi connectivity index (χ3n) is 2.05. The standard InChI is InChI=1S/C8H14O3P/c1-5-8-6(2)7(3)10-12(4,9)11-8/h1,6-9H,2-4H3/q+1. The van der Waals surface area contributed by atoms with Crippen LogP contribution in [0.3, 0.4) is 0 Å². The molecule has 4 atom stereocenters. The van der Waals surface area contributed by atoms with Gasteiger partial charge in [-0.3, -0.25) is 0 Å². The summed E-state index contributed by atoms with van der Waals surface area (Å²) in [5.74, 6) is 2.64. The molecule has 0 aliphatic carbocycles. The number of hydrogen-bond donors (Lipinski definition) is 1. The van der Waals surface area contributed by atoms with Crippen LogP contribution >= 0.6 is 7.94 Å². The lowest BCUT2D eigenvalue weighted by Gasteiger charge is -2.31. The van der Waals surface area contributed by atoms with Crippen molar-refractivity contribution in [3.8, 4) is 12.3 Å². The van der Waals surface area contributed by atoms with Crippen LogP contribution in [0.4, 0.5) is 0 Å². The minimum Gasteiger partial charge on any atom is -0.193 e. The van der Waals surface area contributed by atoms with Gasteiger partial charge in [-0.1, -0.05) is 12.8 Å². The maximum atomic E-state index is 9.54. The first-order chi connectivity index (χ1) is 5.46. The van der Waals surface area contributed by atoms with Crippen LogP contribution in [0.25, 0.3) is 0 Å². The van der Waals surface area contributed by atoms with E-state index in [1.165, 1.54) is 0 Å². The zero-order chi connectivity index (χ0) is 9.35. The fourth-order valence-corrected chi connectivity index (χ4v) is 2.70. The summed E-state index contributed by atoms with van der Waals surface area (Å²) in [5, 5.41) is 0. The Morgan fingerprint density at radius 2 is 2.00 bits per heavy atom. The smallest absolute Gasteiger partial charge is 0.193 e. The minimum atomic E-state index is -2.65. The van der Waals surface area contributed by atoms with Gasteiger partial charge in [0.15, 0.2) is 6.10 Å². The molecule has 1 rings (SSSR count). The molecule has 1 aliphatic rings. The molecule has 0 radical (unpaired) electrons. The van der Waals surface area contributed by atoms with Gasteiger partial charge in [0.1, 0.15) is 12.8 Å². The largest absolute Gasteiger partial charge is 0.407 e. The van der Waals surface area contributed by atoms with Crippen molar-refractivity contribution < 1.29 is 13.9 Å². The van der Waals surface area contributed by atoms with Crippen molar-refractivity contribution in [2.75, 3.05) is 6.66 Å². The molecule has 4 heteroatoms. The second-order valence-corrected chi connectivity index (χ2v) is 5.19. The molecular formula is C8H14O3P+. The molecule has 0 bridgehead atoms. The van der Waals surface area contributed by atoms with Crippen molar-refractivity contribution in [3.05, 3.63) is 0 Å². The summed E-state index contributed by atoms with van der Waals surface area (Å²) >= 11 is 0. The highest BCUT2D eigenvalue weighted by molar-refractivity contribution is 7.59. The highest BCUT2D eigenvalue weighted by Crippen LogP contribution is 2.59. The number of rotatable bonds is 0. The molecule has 1 saturated heterocycles. The Morgan fingerprint density at radius 3 is 2.50 bits per heavy atom. The van der Waals surface area contributed by atoms with Gasteiger partial charge < -0.3 is 0 Å². The third-order valence-corrected chi connectivity index (χ3v) is 3.40. The fraction of sp³-hybridized carbons (Fsp3) is 0.750. The van der Waals surface area contributed by atoms with Crippen LogP contribution < -0.4 is 0 Å². The predicted octanol–water partition coefficient (Wildman–Crippen LogP) is 1.44. The van der Waals surface area contributed by atoms with Crippen molar-refractivity contribution in [2.45, 2.75) is 26.1 Å². The SMILES string of the molecule is C#CC1O[P+](C)(O)OC(C)C1C. The summed E-state index contributed by atoms with van der Waals surface area (Å²) in [7, 11) is -2.65. The number of terminal acetylenes is 1. The van der Waals surface area contributed by atoms with Gasteiger partial charge in [-0.15, -0.1) is 6.42 Å². The molecule has 1 N–H and O–H groups in total. The molecule has 1 aliphatic heterocycles. The molecule has 4 unspecified atom stereocenters. The van der Waals surface area contributed by atoms with Gasteiger partial charge in [0.05, 0.1) is 0 Å². The lowest BCUT2D eigenvalue weighted by Crippen LogP contribution is -2.36. The first kappa shape index (κ1) is 9.95. The van der Waals surface area contributed by atoms with E-state index in [9.17, 15) is 4.89 Å². The van der Waals surface area contributed by atoms with Crippen LogP contribution in [0.1, 0.15) is 13.8 Å². The summed E-state index contributed by atoms with van der Waals surface area (Å²) in [6.45, 7) is 5.40. The molecule has 3 nitrogen and oxygen atoms in total. The summed E-state index contributed by atoms with van der Waals surface area (Å²) < 4.78 is 10.5. The van der Waals surface area contributed by atoms with Crippen molar-refractivity contribution in [1.82, 2.24) is 0 Å². The first-order valence-corrected chi connectivity index (χ1v) is 5.91. The molecule has 0 aromatic carbocycles. The zero-order valence-electron chi connectivity index (χ0n) is 7.52. The van der Waals surface area contributed by atoms with Gasteiger partial charge in [0, 0.05) is 5.92 Å². The molecule has 0 spiro atoms. The van der Waals surface area contributed by atoms with E-state index < -0.39 is 7.94 Å². The first-order valence-electron chi connectivity index (χ1n) is 3.88. The minimum absolute atomic E-state index is 0.0388. The highest BCUT2D eigenvalue weighted by atomic mass is 31.2. The van der Waals surface area contributed by atoms with Crippen LogP contribution in [-0.4, -0.2) is 23.8 Å². The molecule has 68 valence electrons. The Morgan fingerprint density at radius 1 is 1.42 bits per heavy atom. The Labute approximate surface area is 73.7 Å². The maximum absolute atomic E-state index is 9.54. The van der Waals surface area contributed by atoms with E-state index in [2.05, 4.69) is 5.92 Å². The number of hydrogen-bond acceptors (Lipinski definition) is 3. The normalized spacial score (nSPS) is 48.4. The Bertz CT molecular complexity index is 209. The quantitative estimate of drug-likeness (QED) is 0.463. The molecule has 0 aromatic rings. The van der Waals surface area contributed by atoms with E-state index in [1.54, 1.807) is 6.66 Å². The lowest BCUT2D eigenvalue weighted by molar-refractivity contribution is 0.00308. The van der Waals surface area contributed by atoms with Crippen molar-refractivity contribution in [3.63, 3.8) is 0 Å². The summed E-state index contributed by atoms with van der Waals surface area (Å²) in [5.41, 5.74) is 0. The van der Waals surface area contributed by atoms with Crippen LogP contribution in [0.15, 0.2) is 0 Å². The molecule has 1 heterocycles. The molecule has 1 fully saturated rings. The van der Waals surface area contributed by atoms with Gasteiger partial charge in [0.25, 0.3) is 0 Å². The van der Waals surface area contributed by atoms with E-state index in [0.29, 0.717) is 0 Å². The molecule has 0 aromatic heterocycles. The summed E-state index contributed by atoms with van der Waals surface area (Å²) in [6.07, 6.45) is 4.89. The Balaban J connectivity index is 2.73. The average Bonchev–Trinajstić information content (AvgIpc) is 1.96. The average molecular weight is 189 g/mol. The van der Waals surface area contributed by atoms with E-state index in [4.69, 9.17) is 15.5 Å². The Hall–Kier alpha value is -0.130. The van der Waals surface area contributed by atoms with Crippen molar-refractivity contribution in [2.24, 2.45) is 5.92 Å². The topological polar surface area (TPSA) is 38.7 Å². The molecule has 12 heavy (non-hydrogen) atoms. The summed E-state index contributed by atoms with van der Waals surface area (Å²) in [4.78, 5) is 9.54. The van der Waals surface area contributed by atoms with E-state index in [-0.39, 0.29) is 18.1 Å². The van der Waals surface area contributed by atoms with E-state index in [0.717, 1.165) is 0 Å². The third kappa shape index (κ3) is 1.97. The van der Waals surface area contributed by atoms with Crippen LogP contribution in [0.2, 0.25) is 0 Å². The van der Waals surface area contributed by atoms with Crippen molar-refractivity contribution in [1.29, 1.82) is 0 Å². The van der Waals surface area contributed by atoms with Crippen LogP contribution in [-0.2, 0) is 9.05 Å².